The number of benzene rings is 2. The van der Waals surface area contributed by atoms with Gasteiger partial charge in [-0.25, -0.2) is 14.4 Å². The van der Waals surface area contributed by atoms with Crippen molar-refractivity contribution in [1.82, 2.24) is 25.1 Å². The minimum Gasteiger partial charge on any atom is -0.481 e. The number of likely N-dealkylation sites (N-methyl/N-ethyl adjacent to an activating group) is 2. The molecule has 2 saturated heterocycles. The summed E-state index contributed by atoms with van der Waals surface area (Å²) in [7, 11) is 3.69. The Kier molecular flexibility index (Phi) is 10.9. The molecule has 2 aliphatic rings. The molecule has 0 radical (unpaired) electrons. The number of halogens is 1. The van der Waals surface area contributed by atoms with E-state index >= 15 is 0 Å². The largest absolute Gasteiger partial charge is 0.481 e. The van der Waals surface area contributed by atoms with E-state index in [1.807, 2.05) is 42.3 Å². The van der Waals surface area contributed by atoms with Gasteiger partial charge >= 0.3 is 5.97 Å². The maximum absolute atomic E-state index is 13.0. The quantitative estimate of drug-likeness (QED) is 0.348. The smallest absolute Gasteiger partial charge is 0.305 e. The van der Waals surface area contributed by atoms with Gasteiger partial charge in [-0.3, -0.25) is 19.2 Å². The Labute approximate surface area is 227 Å². The Morgan fingerprint density at radius 2 is 1.74 bits per heavy atom. The summed E-state index contributed by atoms with van der Waals surface area (Å²) < 4.78 is 12.3. The molecule has 4 rings (SSSR count). The minimum atomic E-state index is -1.07. The maximum atomic E-state index is 13.0. The fourth-order valence-corrected chi connectivity index (χ4v) is 4.76. The number of rotatable bonds is 10. The Hall–Kier alpha value is -3.83. The van der Waals surface area contributed by atoms with Crippen LogP contribution in [0.3, 0.4) is 0 Å². The van der Waals surface area contributed by atoms with E-state index in [1.165, 1.54) is 22.6 Å². The molecular formula is C28H36FN5O5. The van der Waals surface area contributed by atoms with Crippen molar-refractivity contribution in [2.24, 2.45) is 0 Å². The number of carboxylic acid groups (broad SMARTS) is 1. The number of hydrazine groups is 1. The first-order valence-electron chi connectivity index (χ1n) is 12.9. The van der Waals surface area contributed by atoms with Gasteiger partial charge in [0.15, 0.2) is 0 Å². The lowest BCUT2D eigenvalue weighted by atomic mass is 10.0. The van der Waals surface area contributed by atoms with Crippen LogP contribution in [0.15, 0.2) is 54.6 Å². The van der Waals surface area contributed by atoms with Crippen LogP contribution < -0.4 is 5.32 Å². The fraction of sp³-hybridized carbons (Fsp3) is 0.429. The molecule has 11 heteroatoms. The molecule has 210 valence electrons. The lowest BCUT2D eigenvalue weighted by Gasteiger charge is -2.53. The molecule has 0 aromatic heterocycles. The number of aryl methyl sites for hydroxylation is 1. The van der Waals surface area contributed by atoms with Crippen LogP contribution in [0.4, 0.5) is 4.39 Å². The number of carbonyl (C=O) groups is 4. The van der Waals surface area contributed by atoms with Crippen molar-refractivity contribution in [2.75, 3.05) is 33.7 Å². The zero-order valence-corrected chi connectivity index (χ0v) is 22.3. The third kappa shape index (κ3) is 8.33. The number of carboxylic acids is 1. The Balaban J connectivity index is 0.000000320. The molecule has 0 bridgehead atoms. The second-order valence-electron chi connectivity index (χ2n) is 9.64. The van der Waals surface area contributed by atoms with Crippen molar-refractivity contribution in [3.63, 3.8) is 0 Å². The summed E-state index contributed by atoms with van der Waals surface area (Å²) >= 11 is 0. The second kappa shape index (κ2) is 14.4. The van der Waals surface area contributed by atoms with E-state index in [1.54, 1.807) is 17.0 Å². The van der Waals surface area contributed by atoms with Gasteiger partial charge in [0, 0.05) is 27.2 Å². The second-order valence-corrected chi connectivity index (χ2v) is 9.64. The summed E-state index contributed by atoms with van der Waals surface area (Å²) in [6, 6.07) is 15.2. The molecular weight excluding hydrogens is 505 g/mol. The number of fused-ring (bicyclic) bond motifs is 1. The number of hydrogen-bond donors (Lipinski definition) is 2. The highest BCUT2D eigenvalue weighted by Gasteiger charge is 2.48. The molecule has 2 aliphatic heterocycles. The number of unbranched alkanes of at least 4 members (excludes halogenated alkanes) is 1. The highest BCUT2D eigenvalue weighted by Crippen LogP contribution is 2.26. The number of aliphatic carboxylic acids is 1. The van der Waals surface area contributed by atoms with Crippen molar-refractivity contribution >= 4 is 24.2 Å². The zero-order valence-electron chi connectivity index (χ0n) is 22.3. The monoisotopic (exact) mass is 541 g/mol. The molecule has 39 heavy (non-hydrogen) atoms. The van der Waals surface area contributed by atoms with Crippen LogP contribution in [0.1, 0.15) is 30.4 Å². The number of amides is 3. The lowest BCUT2D eigenvalue weighted by molar-refractivity contribution is -0.194. The van der Waals surface area contributed by atoms with Gasteiger partial charge in [0.25, 0.3) is 0 Å². The van der Waals surface area contributed by atoms with E-state index < -0.39 is 12.0 Å². The van der Waals surface area contributed by atoms with Crippen LogP contribution >= 0.6 is 0 Å². The number of carbonyl (C=O) groups excluding carboxylic acids is 3. The molecule has 1 unspecified atom stereocenters. The predicted molar refractivity (Wildman–Crippen MR) is 142 cm³/mol. The average molecular weight is 542 g/mol. The van der Waals surface area contributed by atoms with E-state index in [9.17, 15) is 28.7 Å². The third-order valence-corrected chi connectivity index (χ3v) is 6.92. The van der Waals surface area contributed by atoms with Crippen molar-refractivity contribution in [3.05, 3.63) is 71.5 Å². The number of piperazine rings is 1. The van der Waals surface area contributed by atoms with E-state index in [0.29, 0.717) is 26.0 Å². The first kappa shape index (κ1) is 29.7. The highest BCUT2D eigenvalue weighted by molar-refractivity contribution is 5.92. The van der Waals surface area contributed by atoms with Gasteiger partial charge in [-0.05, 0) is 42.5 Å². The molecule has 2 heterocycles. The van der Waals surface area contributed by atoms with Gasteiger partial charge < -0.3 is 20.2 Å². The van der Waals surface area contributed by atoms with Crippen LogP contribution in [-0.2, 0) is 32.1 Å². The molecule has 3 amide bonds. The van der Waals surface area contributed by atoms with Crippen molar-refractivity contribution in [1.29, 1.82) is 0 Å². The van der Waals surface area contributed by atoms with Gasteiger partial charge in [0.2, 0.25) is 18.2 Å². The van der Waals surface area contributed by atoms with Gasteiger partial charge in [-0.2, -0.15) is 0 Å². The molecule has 2 fully saturated rings. The minimum absolute atomic E-state index is 0.146. The normalized spacial score (nSPS) is 19.7. The summed E-state index contributed by atoms with van der Waals surface area (Å²) in [5.41, 5.74) is 2.15. The first-order valence-corrected chi connectivity index (χ1v) is 12.9. The lowest BCUT2D eigenvalue weighted by Crippen LogP contribution is -2.73. The first-order chi connectivity index (χ1) is 18.7. The summed E-state index contributed by atoms with van der Waals surface area (Å²) in [6.45, 7) is 1.56. The SMILES string of the molecule is CN1CC(=O)N2C(CC(=O)O)C(=O)N(CCCCc3ccccc3)C[C@@H]2N1C.O=CNCc1ccc(F)cc1. The summed E-state index contributed by atoms with van der Waals surface area (Å²) in [5, 5.41) is 15.5. The molecule has 0 spiro atoms. The fourth-order valence-electron chi connectivity index (χ4n) is 4.76. The molecule has 2 aromatic carbocycles. The molecule has 2 N–H and O–H groups in total. The van der Waals surface area contributed by atoms with Crippen LogP contribution in [0.25, 0.3) is 0 Å². The Morgan fingerprint density at radius 3 is 2.38 bits per heavy atom. The number of nitrogens with zero attached hydrogens (tertiary/aromatic N) is 4. The van der Waals surface area contributed by atoms with Crippen LogP contribution in [-0.4, -0.2) is 95.1 Å². The predicted octanol–water partition coefficient (Wildman–Crippen LogP) is 1.71. The Morgan fingerprint density at radius 1 is 1.05 bits per heavy atom. The molecule has 10 nitrogen and oxygen atoms in total. The van der Waals surface area contributed by atoms with E-state index in [-0.39, 0.29) is 36.8 Å². The Bertz CT molecular complexity index is 1120. The molecule has 2 atom stereocenters. The van der Waals surface area contributed by atoms with Gasteiger partial charge in [0.05, 0.1) is 19.5 Å². The van der Waals surface area contributed by atoms with Gasteiger partial charge in [-0.1, -0.05) is 42.5 Å². The molecule has 0 saturated carbocycles. The summed E-state index contributed by atoms with van der Waals surface area (Å²) in [5.74, 6) is -1.80. The van der Waals surface area contributed by atoms with Crippen molar-refractivity contribution in [3.8, 4) is 0 Å². The standard InChI is InChI=1S/C20H28N4O4.C8H8FNO/c1-21-14-18(25)24-16(12-19(26)27)20(28)23(13-17(24)22(21)2)11-7-6-10-15-8-4-3-5-9-15;9-8-3-1-7(2-4-8)5-10-6-11/h3-5,8-9,16-17H,6-7,10-14H2,1-2H3,(H,26,27);1-4,6H,5H2,(H,10,11)/t16?,17-;/m1./s1. The van der Waals surface area contributed by atoms with E-state index in [2.05, 4.69) is 17.4 Å². The highest BCUT2D eigenvalue weighted by atomic mass is 19.1. The van der Waals surface area contributed by atoms with E-state index in [4.69, 9.17) is 0 Å². The molecule has 2 aromatic rings. The zero-order chi connectivity index (χ0) is 28.4. The van der Waals surface area contributed by atoms with Crippen molar-refractivity contribution in [2.45, 2.75) is 44.4 Å². The summed E-state index contributed by atoms with van der Waals surface area (Å²) in [4.78, 5) is 49.9. The summed E-state index contributed by atoms with van der Waals surface area (Å²) in [6.07, 6.45) is 2.64. The third-order valence-electron chi connectivity index (χ3n) is 6.92. The van der Waals surface area contributed by atoms with E-state index in [0.717, 1.165) is 24.8 Å². The number of nitrogens with one attached hydrogen (secondary N) is 1. The topological polar surface area (TPSA) is 114 Å². The maximum Gasteiger partial charge on any atom is 0.305 e. The van der Waals surface area contributed by atoms with Crippen LogP contribution in [0.2, 0.25) is 0 Å². The average Bonchev–Trinajstić information content (AvgIpc) is 2.92. The van der Waals surface area contributed by atoms with Crippen LogP contribution in [0.5, 0.6) is 0 Å². The molecule has 0 aliphatic carbocycles. The van der Waals surface area contributed by atoms with Crippen LogP contribution in [0, 0.1) is 5.82 Å². The van der Waals surface area contributed by atoms with Crippen molar-refractivity contribution < 1.29 is 28.7 Å². The number of hydrogen-bond acceptors (Lipinski definition) is 6. The van der Waals surface area contributed by atoms with Gasteiger partial charge in [-0.15, -0.1) is 0 Å². The van der Waals surface area contributed by atoms with Gasteiger partial charge in [0.1, 0.15) is 18.0 Å².